The van der Waals surface area contributed by atoms with Gasteiger partial charge in [0.2, 0.25) is 0 Å². The first-order valence-electron chi connectivity index (χ1n) is 6.63. The van der Waals surface area contributed by atoms with Crippen molar-refractivity contribution in [3.05, 3.63) is 24.3 Å². The molecule has 2 aromatic rings. The van der Waals surface area contributed by atoms with Gasteiger partial charge in [-0.15, -0.1) is 5.10 Å². The summed E-state index contributed by atoms with van der Waals surface area (Å²) < 4.78 is 2.03. The summed E-state index contributed by atoms with van der Waals surface area (Å²) in [5.74, 6) is 0.512. The van der Waals surface area contributed by atoms with Crippen LogP contribution in [0.5, 0.6) is 0 Å². The van der Waals surface area contributed by atoms with Crippen LogP contribution in [0.4, 0.5) is 0 Å². The summed E-state index contributed by atoms with van der Waals surface area (Å²) >= 11 is 0. The van der Waals surface area contributed by atoms with E-state index in [9.17, 15) is 0 Å². The van der Waals surface area contributed by atoms with Gasteiger partial charge in [0, 0.05) is 6.04 Å². The molecule has 0 aliphatic heterocycles. The van der Waals surface area contributed by atoms with Gasteiger partial charge in [0.1, 0.15) is 5.52 Å². The molecule has 0 saturated heterocycles. The molecule has 0 fully saturated rings. The van der Waals surface area contributed by atoms with Gasteiger partial charge < -0.3 is 5.32 Å². The minimum atomic E-state index is 0.337. The Hall–Kier alpha value is -1.42. The fourth-order valence-corrected chi connectivity index (χ4v) is 2.02. The number of aromatic nitrogens is 3. The van der Waals surface area contributed by atoms with E-state index in [-0.39, 0.29) is 0 Å². The minimum absolute atomic E-state index is 0.337. The highest BCUT2D eigenvalue weighted by Gasteiger charge is 2.17. The number of benzene rings is 1. The molecular weight excluding hydrogens is 224 g/mol. The van der Waals surface area contributed by atoms with Gasteiger partial charge in [0.15, 0.2) is 0 Å². The lowest BCUT2D eigenvalue weighted by Crippen LogP contribution is -2.31. The first kappa shape index (κ1) is 13.0. The third-order valence-electron chi connectivity index (χ3n) is 3.43. The molecule has 0 amide bonds. The normalized spacial score (nSPS) is 15.2. The van der Waals surface area contributed by atoms with E-state index in [4.69, 9.17) is 0 Å². The van der Waals surface area contributed by atoms with Crippen LogP contribution in [-0.4, -0.2) is 27.6 Å². The summed E-state index contributed by atoms with van der Waals surface area (Å²) in [6.45, 7) is 9.78. The summed E-state index contributed by atoms with van der Waals surface area (Å²) in [6.07, 6.45) is 0. The van der Waals surface area contributed by atoms with E-state index in [0.29, 0.717) is 18.0 Å². The zero-order valence-electron chi connectivity index (χ0n) is 11.6. The van der Waals surface area contributed by atoms with Crippen molar-refractivity contribution >= 4 is 11.0 Å². The first-order valence-corrected chi connectivity index (χ1v) is 6.63. The van der Waals surface area contributed by atoms with Crippen LogP contribution in [-0.2, 0) is 0 Å². The molecule has 0 spiro atoms. The molecule has 1 aromatic carbocycles. The second-order valence-electron chi connectivity index (χ2n) is 5.30. The molecule has 1 aromatic heterocycles. The van der Waals surface area contributed by atoms with Gasteiger partial charge in [-0.1, -0.05) is 38.1 Å². The Labute approximate surface area is 108 Å². The summed E-state index contributed by atoms with van der Waals surface area (Å²) in [5, 5.41) is 12.0. The smallest absolute Gasteiger partial charge is 0.113 e. The molecule has 4 heteroatoms. The van der Waals surface area contributed by atoms with Crippen molar-refractivity contribution in [2.24, 2.45) is 5.92 Å². The summed E-state index contributed by atoms with van der Waals surface area (Å²) in [5.41, 5.74) is 2.08. The Morgan fingerprint density at radius 1 is 1.17 bits per heavy atom. The molecule has 2 rings (SSSR count). The van der Waals surface area contributed by atoms with Crippen molar-refractivity contribution in [3.63, 3.8) is 0 Å². The molecule has 18 heavy (non-hydrogen) atoms. The molecule has 0 bridgehead atoms. The maximum Gasteiger partial charge on any atom is 0.113 e. The molecule has 98 valence electrons. The van der Waals surface area contributed by atoms with Crippen LogP contribution >= 0.6 is 0 Å². The average molecular weight is 246 g/mol. The lowest BCUT2D eigenvalue weighted by molar-refractivity contribution is 0.331. The molecular formula is C14H22N4. The molecule has 0 aliphatic rings. The van der Waals surface area contributed by atoms with Gasteiger partial charge in [-0.3, -0.25) is 0 Å². The minimum Gasteiger partial charge on any atom is -0.314 e. The topological polar surface area (TPSA) is 42.7 Å². The van der Waals surface area contributed by atoms with E-state index in [0.717, 1.165) is 17.6 Å². The lowest BCUT2D eigenvalue weighted by Gasteiger charge is -2.22. The maximum atomic E-state index is 4.28. The Morgan fingerprint density at radius 2 is 1.89 bits per heavy atom. The molecule has 0 aliphatic carbocycles. The number of hydrogen-bond acceptors (Lipinski definition) is 3. The van der Waals surface area contributed by atoms with Crippen molar-refractivity contribution in [1.29, 1.82) is 0 Å². The average Bonchev–Trinajstić information content (AvgIpc) is 2.78. The highest BCUT2D eigenvalue weighted by atomic mass is 15.4. The van der Waals surface area contributed by atoms with E-state index < -0.39 is 0 Å². The zero-order chi connectivity index (χ0) is 13.1. The number of para-hydroxylation sites is 1. The van der Waals surface area contributed by atoms with Gasteiger partial charge in [-0.05, 0) is 31.5 Å². The van der Waals surface area contributed by atoms with Gasteiger partial charge in [0.25, 0.3) is 0 Å². The predicted molar refractivity (Wildman–Crippen MR) is 74.5 cm³/mol. The largest absolute Gasteiger partial charge is 0.314 e. The quantitative estimate of drug-likeness (QED) is 0.882. The van der Waals surface area contributed by atoms with E-state index in [1.54, 1.807) is 0 Å². The van der Waals surface area contributed by atoms with Crippen molar-refractivity contribution in [2.75, 3.05) is 6.54 Å². The van der Waals surface area contributed by atoms with Crippen molar-refractivity contribution in [2.45, 2.75) is 39.8 Å². The molecule has 4 nitrogen and oxygen atoms in total. The van der Waals surface area contributed by atoms with Crippen molar-refractivity contribution in [1.82, 2.24) is 20.3 Å². The Morgan fingerprint density at radius 3 is 2.61 bits per heavy atom. The molecule has 1 N–H and O–H groups in total. The fourth-order valence-electron chi connectivity index (χ4n) is 2.02. The maximum absolute atomic E-state index is 4.28. The second-order valence-corrected chi connectivity index (χ2v) is 5.30. The Bertz CT molecular complexity index is 503. The Kier molecular flexibility index (Phi) is 3.97. The van der Waals surface area contributed by atoms with Crippen LogP contribution in [0.1, 0.15) is 33.7 Å². The SMILES string of the molecule is CC(C)NCC(C)C(C)n1nnc2ccccc21. The molecule has 0 saturated carbocycles. The van der Waals surface area contributed by atoms with Gasteiger partial charge in [-0.2, -0.15) is 0 Å². The summed E-state index contributed by atoms with van der Waals surface area (Å²) in [4.78, 5) is 0. The highest BCUT2D eigenvalue weighted by molar-refractivity contribution is 5.73. The van der Waals surface area contributed by atoms with Crippen molar-refractivity contribution in [3.8, 4) is 0 Å². The number of hydrogen-bond donors (Lipinski definition) is 1. The number of rotatable bonds is 5. The van der Waals surface area contributed by atoms with Crippen molar-refractivity contribution < 1.29 is 0 Å². The van der Waals surface area contributed by atoms with Crippen LogP contribution in [0, 0.1) is 5.92 Å². The monoisotopic (exact) mass is 246 g/mol. The van der Waals surface area contributed by atoms with Crippen LogP contribution < -0.4 is 5.32 Å². The van der Waals surface area contributed by atoms with E-state index in [2.05, 4.69) is 49.4 Å². The van der Waals surface area contributed by atoms with Gasteiger partial charge in [0.05, 0.1) is 11.6 Å². The number of nitrogens with one attached hydrogen (secondary N) is 1. The molecule has 2 atom stereocenters. The van der Waals surface area contributed by atoms with Gasteiger partial charge >= 0.3 is 0 Å². The lowest BCUT2D eigenvalue weighted by atomic mass is 10.0. The highest BCUT2D eigenvalue weighted by Crippen LogP contribution is 2.21. The van der Waals surface area contributed by atoms with E-state index >= 15 is 0 Å². The second kappa shape index (κ2) is 5.48. The third kappa shape index (κ3) is 2.70. The fraction of sp³-hybridized carbons (Fsp3) is 0.571. The standard InChI is InChI=1S/C14H22N4/c1-10(2)15-9-11(3)12(4)18-14-8-6-5-7-13(14)16-17-18/h5-8,10-12,15H,9H2,1-4H3. The van der Waals surface area contributed by atoms with Crippen LogP contribution in [0.15, 0.2) is 24.3 Å². The summed E-state index contributed by atoms with van der Waals surface area (Å²) in [6, 6.07) is 8.97. The zero-order valence-corrected chi connectivity index (χ0v) is 11.6. The van der Waals surface area contributed by atoms with Crippen LogP contribution in [0.3, 0.4) is 0 Å². The predicted octanol–water partition coefficient (Wildman–Crippen LogP) is 2.63. The molecule has 1 heterocycles. The molecule has 0 radical (unpaired) electrons. The first-order chi connectivity index (χ1) is 8.59. The van der Waals surface area contributed by atoms with E-state index in [1.165, 1.54) is 0 Å². The summed E-state index contributed by atoms with van der Waals surface area (Å²) in [7, 11) is 0. The van der Waals surface area contributed by atoms with Crippen LogP contribution in [0.25, 0.3) is 11.0 Å². The third-order valence-corrected chi connectivity index (χ3v) is 3.43. The Balaban J connectivity index is 2.15. The number of fused-ring (bicyclic) bond motifs is 1. The van der Waals surface area contributed by atoms with E-state index in [1.807, 2.05) is 22.9 Å². The molecule has 2 unspecified atom stereocenters. The van der Waals surface area contributed by atoms with Crippen LogP contribution in [0.2, 0.25) is 0 Å². The number of nitrogens with zero attached hydrogens (tertiary/aromatic N) is 3. The van der Waals surface area contributed by atoms with Gasteiger partial charge in [-0.25, -0.2) is 4.68 Å².